The minimum absolute atomic E-state index is 0.517. The van der Waals surface area contributed by atoms with Crippen molar-refractivity contribution >= 4 is 26.7 Å². The summed E-state index contributed by atoms with van der Waals surface area (Å²) in [4.78, 5) is 0. The Labute approximate surface area is 105 Å². The fourth-order valence-electron chi connectivity index (χ4n) is 2.08. The van der Waals surface area contributed by atoms with Crippen molar-refractivity contribution in [1.29, 1.82) is 0 Å². The first-order valence-electron chi connectivity index (χ1n) is 5.51. The Bertz CT molecular complexity index is 482. The van der Waals surface area contributed by atoms with Crippen molar-refractivity contribution in [1.82, 2.24) is 0 Å². The molecule has 1 atom stereocenters. The van der Waals surface area contributed by atoms with Gasteiger partial charge in [0.25, 0.3) is 0 Å². The molecule has 1 heteroatoms. The van der Waals surface area contributed by atoms with E-state index in [-0.39, 0.29) is 0 Å². The van der Waals surface area contributed by atoms with Crippen molar-refractivity contribution in [2.24, 2.45) is 0 Å². The van der Waals surface area contributed by atoms with Crippen molar-refractivity contribution in [2.75, 3.05) is 5.33 Å². The second-order valence-corrected chi connectivity index (χ2v) is 4.59. The summed E-state index contributed by atoms with van der Waals surface area (Å²) in [6.45, 7) is 3.83. The van der Waals surface area contributed by atoms with Crippen LogP contribution in [0.1, 0.15) is 17.9 Å². The third kappa shape index (κ3) is 2.19. The Kier molecular flexibility index (Phi) is 3.79. The van der Waals surface area contributed by atoms with E-state index < -0.39 is 0 Å². The highest BCUT2D eigenvalue weighted by Gasteiger charge is 2.10. The van der Waals surface area contributed by atoms with Gasteiger partial charge in [-0.1, -0.05) is 64.5 Å². The molecule has 0 heterocycles. The van der Waals surface area contributed by atoms with Crippen LogP contribution in [0.3, 0.4) is 0 Å². The van der Waals surface area contributed by atoms with E-state index in [1.807, 2.05) is 6.08 Å². The van der Waals surface area contributed by atoms with Crippen LogP contribution in [0.25, 0.3) is 10.8 Å². The lowest BCUT2D eigenvalue weighted by Gasteiger charge is -2.15. The van der Waals surface area contributed by atoms with Crippen molar-refractivity contribution < 1.29 is 0 Å². The quantitative estimate of drug-likeness (QED) is 0.550. The van der Waals surface area contributed by atoms with Crippen LogP contribution < -0.4 is 0 Å². The standard InChI is InChI=1S/C15H15Br/c1-2-6-13(11-16)15-10-5-8-12-7-3-4-9-14(12)15/h2-5,7-10,13H,1,6,11H2. The zero-order chi connectivity index (χ0) is 11.4. The van der Waals surface area contributed by atoms with Gasteiger partial charge < -0.3 is 0 Å². The fourth-order valence-corrected chi connectivity index (χ4v) is 2.69. The summed E-state index contributed by atoms with van der Waals surface area (Å²) >= 11 is 3.59. The topological polar surface area (TPSA) is 0 Å². The molecule has 0 saturated carbocycles. The van der Waals surface area contributed by atoms with Crippen LogP contribution in [-0.2, 0) is 0 Å². The van der Waals surface area contributed by atoms with E-state index in [2.05, 4.69) is 65.0 Å². The zero-order valence-corrected chi connectivity index (χ0v) is 10.8. The summed E-state index contributed by atoms with van der Waals surface area (Å²) in [7, 11) is 0. The van der Waals surface area contributed by atoms with E-state index in [9.17, 15) is 0 Å². The average Bonchev–Trinajstić information content (AvgIpc) is 2.35. The maximum atomic E-state index is 3.83. The number of fused-ring (bicyclic) bond motifs is 1. The van der Waals surface area contributed by atoms with Gasteiger partial charge in [0.05, 0.1) is 0 Å². The number of hydrogen-bond acceptors (Lipinski definition) is 0. The third-order valence-electron chi connectivity index (χ3n) is 2.90. The van der Waals surface area contributed by atoms with E-state index in [1.165, 1.54) is 16.3 Å². The van der Waals surface area contributed by atoms with Crippen molar-refractivity contribution in [3.8, 4) is 0 Å². The summed E-state index contributed by atoms with van der Waals surface area (Å²) in [6.07, 6.45) is 3.01. The average molecular weight is 275 g/mol. The molecule has 1 unspecified atom stereocenters. The molecule has 0 fully saturated rings. The molecule has 0 radical (unpaired) electrons. The summed E-state index contributed by atoms with van der Waals surface area (Å²) in [6, 6.07) is 15.1. The number of allylic oxidation sites excluding steroid dienone is 1. The maximum absolute atomic E-state index is 3.83. The number of hydrogen-bond donors (Lipinski definition) is 0. The van der Waals surface area contributed by atoms with Gasteiger partial charge in [0.2, 0.25) is 0 Å². The Morgan fingerprint density at radius 2 is 1.88 bits per heavy atom. The minimum Gasteiger partial charge on any atom is -0.103 e. The first-order valence-corrected chi connectivity index (χ1v) is 6.63. The van der Waals surface area contributed by atoms with E-state index >= 15 is 0 Å². The molecule has 2 aromatic rings. The molecule has 0 aliphatic heterocycles. The molecule has 0 saturated heterocycles. The van der Waals surface area contributed by atoms with Gasteiger partial charge in [-0.15, -0.1) is 6.58 Å². The Hall–Kier alpha value is -1.08. The molecular weight excluding hydrogens is 260 g/mol. The van der Waals surface area contributed by atoms with Crippen LogP contribution in [0, 0.1) is 0 Å². The number of benzene rings is 2. The first kappa shape index (κ1) is 11.4. The molecular formula is C15H15Br. The van der Waals surface area contributed by atoms with E-state index in [0.29, 0.717) is 5.92 Å². The molecule has 0 aliphatic rings. The number of alkyl halides is 1. The third-order valence-corrected chi connectivity index (χ3v) is 3.68. The smallest absolute Gasteiger partial charge is 0.0103 e. The predicted octanol–water partition coefficient (Wildman–Crippen LogP) is 4.89. The molecule has 82 valence electrons. The summed E-state index contributed by atoms with van der Waals surface area (Å²) < 4.78 is 0. The van der Waals surface area contributed by atoms with Crippen molar-refractivity contribution in [3.05, 3.63) is 60.7 Å². The highest BCUT2D eigenvalue weighted by atomic mass is 79.9. The Morgan fingerprint density at radius 1 is 1.12 bits per heavy atom. The lowest BCUT2D eigenvalue weighted by atomic mass is 9.92. The fraction of sp³-hybridized carbons (Fsp3) is 0.200. The maximum Gasteiger partial charge on any atom is 0.0103 e. The van der Waals surface area contributed by atoms with Crippen LogP contribution in [0.2, 0.25) is 0 Å². The molecule has 2 aromatic carbocycles. The summed E-state index contributed by atoms with van der Waals surface area (Å²) in [5.41, 5.74) is 1.41. The second kappa shape index (κ2) is 5.31. The van der Waals surface area contributed by atoms with E-state index in [4.69, 9.17) is 0 Å². The van der Waals surface area contributed by atoms with Gasteiger partial charge in [0.15, 0.2) is 0 Å². The van der Waals surface area contributed by atoms with Gasteiger partial charge in [-0.05, 0) is 28.7 Å². The van der Waals surface area contributed by atoms with E-state index in [0.717, 1.165) is 11.8 Å². The largest absolute Gasteiger partial charge is 0.103 e. The van der Waals surface area contributed by atoms with Gasteiger partial charge in [-0.2, -0.15) is 0 Å². The van der Waals surface area contributed by atoms with Gasteiger partial charge >= 0.3 is 0 Å². The monoisotopic (exact) mass is 274 g/mol. The van der Waals surface area contributed by atoms with Gasteiger partial charge in [-0.3, -0.25) is 0 Å². The van der Waals surface area contributed by atoms with Gasteiger partial charge in [-0.25, -0.2) is 0 Å². The lowest BCUT2D eigenvalue weighted by molar-refractivity contribution is 0.807. The van der Waals surface area contributed by atoms with Crippen LogP contribution in [0.4, 0.5) is 0 Å². The van der Waals surface area contributed by atoms with Crippen molar-refractivity contribution in [3.63, 3.8) is 0 Å². The summed E-state index contributed by atoms with van der Waals surface area (Å²) in [5.74, 6) is 0.517. The Balaban J connectivity index is 2.54. The number of halogens is 1. The van der Waals surface area contributed by atoms with Crippen LogP contribution in [-0.4, -0.2) is 5.33 Å². The highest BCUT2D eigenvalue weighted by molar-refractivity contribution is 9.09. The molecule has 0 bridgehead atoms. The van der Waals surface area contributed by atoms with E-state index in [1.54, 1.807) is 0 Å². The highest BCUT2D eigenvalue weighted by Crippen LogP contribution is 2.29. The first-order chi connectivity index (χ1) is 7.86. The minimum atomic E-state index is 0.517. The molecule has 16 heavy (non-hydrogen) atoms. The van der Waals surface area contributed by atoms with Gasteiger partial charge in [0.1, 0.15) is 0 Å². The molecule has 0 amide bonds. The number of rotatable bonds is 4. The van der Waals surface area contributed by atoms with Crippen LogP contribution in [0.5, 0.6) is 0 Å². The molecule has 0 nitrogen and oxygen atoms in total. The normalized spacial score (nSPS) is 12.6. The predicted molar refractivity (Wildman–Crippen MR) is 75.3 cm³/mol. The van der Waals surface area contributed by atoms with Gasteiger partial charge in [0, 0.05) is 5.33 Å². The summed E-state index contributed by atoms with van der Waals surface area (Å²) in [5, 5.41) is 3.65. The van der Waals surface area contributed by atoms with Crippen LogP contribution in [0.15, 0.2) is 55.1 Å². The SMILES string of the molecule is C=CCC(CBr)c1cccc2ccccc12. The lowest BCUT2D eigenvalue weighted by Crippen LogP contribution is -1.99. The molecule has 0 N–H and O–H groups in total. The Morgan fingerprint density at radius 3 is 2.62 bits per heavy atom. The molecule has 2 rings (SSSR count). The molecule has 0 aromatic heterocycles. The second-order valence-electron chi connectivity index (χ2n) is 3.94. The molecule has 0 aliphatic carbocycles. The molecule has 0 spiro atoms. The van der Waals surface area contributed by atoms with Crippen LogP contribution >= 0.6 is 15.9 Å². The van der Waals surface area contributed by atoms with Crippen molar-refractivity contribution in [2.45, 2.75) is 12.3 Å². The zero-order valence-electron chi connectivity index (χ0n) is 9.20.